The van der Waals surface area contributed by atoms with Gasteiger partial charge in [-0.05, 0) is 54.7 Å². The molecule has 33 heavy (non-hydrogen) atoms. The summed E-state index contributed by atoms with van der Waals surface area (Å²) in [6.07, 6.45) is 1.74. The van der Waals surface area contributed by atoms with Gasteiger partial charge < -0.3 is 21.7 Å². The van der Waals surface area contributed by atoms with E-state index in [4.69, 9.17) is 11.5 Å². The summed E-state index contributed by atoms with van der Waals surface area (Å²) in [4.78, 5) is 22.2. The van der Waals surface area contributed by atoms with Gasteiger partial charge >= 0.3 is 6.18 Å². The zero-order valence-electron chi connectivity index (χ0n) is 18.5. The quantitative estimate of drug-likeness (QED) is 0.571. The third-order valence-corrected chi connectivity index (χ3v) is 5.60. The molecule has 1 saturated heterocycles. The van der Waals surface area contributed by atoms with Crippen molar-refractivity contribution in [2.75, 3.05) is 25.0 Å². The number of pyridine rings is 2. The summed E-state index contributed by atoms with van der Waals surface area (Å²) >= 11 is 0. The van der Waals surface area contributed by atoms with Gasteiger partial charge in [0, 0.05) is 55.9 Å². The van der Waals surface area contributed by atoms with Crippen molar-refractivity contribution in [3.05, 3.63) is 65.4 Å². The summed E-state index contributed by atoms with van der Waals surface area (Å²) < 4.78 is 38.2. The Morgan fingerprint density at radius 3 is 2.76 bits per heavy atom. The largest absolute Gasteiger partial charge is 0.404 e. The molecule has 176 valence electrons. The zero-order chi connectivity index (χ0) is 24.2. The summed E-state index contributed by atoms with van der Waals surface area (Å²) in [6.45, 7) is 2.65. The minimum Gasteiger partial charge on any atom is -0.404 e. The maximum Gasteiger partial charge on any atom is 0.389 e. The molecular weight excluding hydrogens is 433 g/mol. The number of aromatic nitrogens is 2. The second-order valence-corrected chi connectivity index (χ2v) is 7.98. The molecule has 7 nitrogen and oxygen atoms in total. The predicted molar refractivity (Wildman–Crippen MR) is 122 cm³/mol. The number of amides is 1. The Hall–Kier alpha value is -3.56. The van der Waals surface area contributed by atoms with Gasteiger partial charge in [-0.2, -0.15) is 13.2 Å². The third-order valence-electron chi connectivity index (χ3n) is 5.60. The van der Waals surface area contributed by atoms with E-state index >= 15 is 0 Å². The van der Waals surface area contributed by atoms with Crippen molar-refractivity contribution in [1.29, 1.82) is 0 Å². The molecule has 0 bridgehead atoms. The molecule has 0 aliphatic carbocycles. The number of alkyl halides is 3. The number of anilines is 1. The number of allylic oxidation sites excluding steroid dienone is 2. The van der Waals surface area contributed by atoms with Crippen molar-refractivity contribution >= 4 is 22.9 Å². The summed E-state index contributed by atoms with van der Waals surface area (Å²) in [5, 5.41) is 2.52. The van der Waals surface area contributed by atoms with Gasteiger partial charge in [0.15, 0.2) is 0 Å². The van der Waals surface area contributed by atoms with Crippen LogP contribution in [0.2, 0.25) is 0 Å². The van der Waals surface area contributed by atoms with Crippen LogP contribution in [0, 0.1) is 12.8 Å². The number of nitrogens with two attached hydrogens (primary N) is 2. The van der Waals surface area contributed by atoms with Gasteiger partial charge in [0.2, 0.25) is 0 Å². The Morgan fingerprint density at radius 1 is 1.33 bits per heavy atom. The number of nitrogens with one attached hydrogen (secondary N) is 1. The number of aryl methyl sites for hydroxylation is 1. The molecule has 0 spiro atoms. The van der Waals surface area contributed by atoms with Crippen LogP contribution in [0.15, 0.2) is 42.9 Å². The first-order chi connectivity index (χ1) is 15.6. The van der Waals surface area contributed by atoms with Crippen molar-refractivity contribution < 1.29 is 18.0 Å². The number of hydrogen-bond acceptors (Lipinski definition) is 6. The summed E-state index contributed by atoms with van der Waals surface area (Å²) in [5.41, 5.74) is 16.1. The number of carbonyl (C=O) groups is 1. The lowest BCUT2D eigenvalue weighted by Gasteiger charge is -2.20. The topological polar surface area (TPSA) is 110 Å². The fourth-order valence-corrected chi connectivity index (χ4v) is 3.88. The van der Waals surface area contributed by atoms with Crippen molar-refractivity contribution in [3.63, 3.8) is 0 Å². The first-order valence-electron chi connectivity index (χ1n) is 10.5. The molecule has 10 heteroatoms. The zero-order valence-corrected chi connectivity index (χ0v) is 18.5. The molecule has 0 saturated carbocycles. The average molecular weight is 461 g/mol. The second-order valence-electron chi connectivity index (χ2n) is 7.98. The van der Waals surface area contributed by atoms with Crippen LogP contribution in [0.4, 0.5) is 18.9 Å². The summed E-state index contributed by atoms with van der Waals surface area (Å²) in [7, 11) is 1.52. The molecule has 3 rings (SSSR count). The fraction of sp³-hybridized carbons (Fsp3) is 0.348. The molecule has 2 aromatic rings. The van der Waals surface area contributed by atoms with Crippen molar-refractivity contribution in [2.45, 2.75) is 25.9 Å². The van der Waals surface area contributed by atoms with Crippen LogP contribution in [-0.4, -0.2) is 42.2 Å². The van der Waals surface area contributed by atoms with E-state index in [2.05, 4.69) is 15.3 Å². The highest BCUT2D eigenvalue weighted by Gasteiger charge is 2.35. The Kier molecular flexibility index (Phi) is 7.25. The number of hydrogen-bond donors (Lipinski definition) is 3. The molecule has 1 aliphatic heterocycles. The van der Waals surface area contributed by atoms with Gasteiger partial charge in [-0.1, -0.05) is 0 Å². The van der Waals surface area contributed by atoms with Crippen LogP contribution < -0.4 is 21.7 Å². The average Bonchev–Trinajstić information content (AvgIpc) is 3.23. The molecule has 1 atom stereocenters. The van der Waals surface area contributed by atoms with E-state index in [9.17, 15) is 18.0 Å². The maximum absolute atomic E-state index is 12.7. The Bertz CT molecular complexity index is 1080. The maximum atomic E-state index is 12.7. The van der Waals surface area contributed by atoms with Crippen LogP contribution in [0.1, 0.15) is 40.2 Å². The molecule has 1 unspecified atom stereocenters. The normalized spacial score (nSPS) is 17.4. The molecule has 0 aromatic carbocycles. The highest BCUT2D eigenvalue weighted by Crippen LogP contribution is 2.33. The number of carbonyl (C=O) groups excluding carboxylic acids is 1. The molecule has 0 radical (unpaired) electrons. The minimum atomic E-state index is -4.17. The lowest BCUT2D eigenvalue weighted by molar-refractivity contribution is -0.142. The van der Waals surface area contributed by atoms with E-state index in [1.54, 1.807) is 31.3 Å². The first-order valence-corrected chi connectivity index (χ1v) is 10.5. The molecule has 1 fully saturated rings. The van der Waals surface area contributed by atoms with Crippen LogP contribution in [0.5, 0.6) is 0 Å². The van der Waals surface area contributed by atoms with Gasteiger partial charge in [0.05, 0.1) is 11.9 Å². The van der Waals surface area contributed by atoms with E-state index in [1.807, 2.05) is 11.0 Å². The van der Waals surface area contributed by atoms with Gasteiger partial charge in [-0.25, -0.2) is 0 Å². The molecule has 1 amide bonds. The Balaban J connectivity index is 1.85. The summed E-state index contributed by atoms with van der Waals surface area (Å²) in [5.74, 6) is -0.761. The standard InChI is InChI=1S/C23H27F3N6O/c1-14-19(9-18(12-31-14)32-6-4-15(13-32)10-23(24,25)26)20(28)7-17(11-27)16-3-5-30-21(8-16)22(33)29-2/h3,5,7-9,11-12,15H,4,6,10,13,27-28H2,1-2H3,(H,29,33)/b17-11+,20-7-. The van der Waals surface area contributed by atoms with E-state index in [0.29, 0.717) is 47.6 Å². The van der Waals surface area contributed by atoms with Gasteiger partial charge in [-0.15, -0.1) is 0 Å². The van der Waals surface area contributed by atoms with Crippen molar-refractivity contribution in [1.82, 2.24) is 15.3 Å². The molecule has 3 heterocycles. The second kappa shape index (κ2) is 9.93. The van der Waals surface area contributed by atoms with Crippen LogP contribution in [0.25, 0.3) is 11.3 Å². The summed E-state index contributed by atoms with van der Waals surface area (Å²) in [6, 6.07) is 5.15. The van der Waals surface area contributed by atoms with Gasteiger partial charge in [0.1, 0.15) is 5.69 Å². The highest BCUT2D eigenvalue weighted by molar-refractivity contribution is 5.93. The first kappa shape index (κ1) is 24.1. The van der Waals surface area contributed by atoms with Crippen molar-refractivity contribution in [3.8, 4) is 0 Å². The molecule has 1 aliphatic rings. The molecular formula is C23H27F3N6O. The van der Waals surface area contributed by atoms with Gasteiger partial charge in [-0.3, -0.25) is 14.8 Å². The van der Waals surface area contributed by atoms with E-state index < -0.39 is 18.5 Å². The molecule has 5 N–H and O–H groups in total. The number of rotatable bonds is 6. The highest BCUT2D eigenvalue weighted by atomic mass is 19.4. The fourth-order valence-electron chi connectivity index (χ4n) is 3.88. The minimum absolute atomic E-state index is 0.239. The monoisotopic (exact) mass is 460 g/mol. The predicted octanol–water partition coefficient (Wildman–Crippen LogP) is 3.22. The van der Waals surface area contributed by atoms with E-state index in [1.165, 1.54) is 19.4 Å². The number of nitrogens with zero attached hydrogens (tertiary/aromatic N) is 3. The molecule has 2 aromatic heterocycles. The number of halogens is 3. The Morgan fingerprint density at radius 2 is 2.09 bits per heavy atom. The SMILES string of the molecule is CNC(=O)c1cc(C(/C=C(\N)c2cc(N3CCC(CC(F)(F)F)C3)cnc2C)=C/N)ccn1. The van der Waals surface area contributed by atoms with Crippen LogP contribution in [0.3, 0.4) is 0 Å². The lowest BCUT2D eigenvalue weighted by Crippen LogP contribution is -2.22. The van der Waals surface area contributed by atoms with Gasteiger partial charge in [0.25, 0.3) is 5.91 Å². The third kappa shape index (κ3) is 6.03. The van der Waals surface area contributed by atoms with Crippen LogP contribution >= 0.6 is 0 Å². The lowest BCUT2D eigenvalue weighted by atomic mass is 10.0. The smallest absolute Gasteiger partial charge is 0.389 e. The van der Waals surface area contributed by atoms with E-state index in [0.717, 1.165) is 5.69 Å². The van der Waals surface area contributed by atoms with Crippen LogP contribution in [-0.2, 0) is 0 Å². The van der Waals surface area contributed by atoms with Crippen molar-refractivity contribution in [2.24, 2.45) is 17.4 Å². The van der Waals surface area contributed by atoms with E-state index in [-0.39, 0.29) is 11.6 Å². The Labute approximate surface area is 190 Å².